The molecular formula is C16H21NO5S2. The fourth-order valence-electron chi connectivity index (χ4n) is 2.95. The van der Waals surface area contributed by atoms with Gasteiger partial charge in [-0.1, -0.05) is 25.0 Å². The van der Waals surface area contributed by atoms with Gasteiger partial charge in [0.05, 0.1) is 5.75 Å². The van der Waals surface area contributed by atoms with Crippen molar-refractivity contribution in [2.45, 2.75) is 36.2 Å². The Bertz CT molecular complexity index is 724. The van der Waals surface area contributed by atoms with Gasteiger partial charge in [0.1, 0.15) is 0 Å². The highest BCUT2D eigenvalue weighted by Gasteiger charge is 2.49. The van der Waals surface area contributed by atoms with Crippen molar-refractivity contribution in [1.29, 1.82) is 0 Å². The Morgan fingerprint density at radius 1 is 1.29 bits per heavy atom. The predicted octanol–water partition coefficient (Wildman–Crippen LogP) is 2.30. The van der Waals surface area contributed by atoms with Crippen molar-refractivity contribution in [1.82, 2.24) is 0 Å². The summed E-state index contributed by atoms with van der Waals surface area (Å²) in [6, 6.07) is 7.05. The molecule has 0 atom stereocenters. The molecule has 0 saturated heterocycles. The highest BCUT2D eigenvalue weighted by atomic mass is 32.2. The molecule has 0 aromatic heterocycles. The molecule has 8 heteroatoms. The van der Waals surface area contributed by atoms with Crippen molar-refractivity contribution in [3.05, 3.63) is 29.8 Å². The summed E-state index contributed by atoms with van der Waals surface area (Å²) >= 11 is 1.26. The summed E-state index contributed by atoms with van der Waals surface area (Å²) in [5.74, 6) is -0.834. The molecule has 1 aliphatic carbocycles. The summed E-state index contributed by atoms with van der Waals surface area (Å²) in [4.78, 5) is 23.2. The van der Waals surface area contributed by atoms with E-state index in [1.54, 1.807) is 18.2 Å². The molecule has 1 aromatic rings. The van der Waals surface area contributed by atoms with Crippen LogP contribution in [0.5, 0.6) is 0 Å². The fourth-order valence-corrected chi connectivity index (χ4v) is 5.06. The average Bonchev–Trinajstić information content (AvgIpc) is 2.98. The number of amides is 1. The normalized spacial score (nSPS) is 16.7. The van der Waals surface area contributed by atoms with Crippen molar-refractivity contribution >= 4 is 39.2 Å². The third kappa shape index (κ3) is 4.30. The van der Waals surface area contributed by atoms with Crippen LogP contribution in [-0.4, -0.2) is 42.2 Å². The topological polar surface area (TPSA) is 101 Å². The number of carboxylic acid groups (broad SMARTS) is 1. The van der Waals surface area contributed by atoms with Crippen LogP contribution in [0.2, 0.25) is 0 Å². The Hall–Kier alpha value is -1.54. The Balaban J connectivity index is 2.10. The lowest BCUT2D eigenvalue weighted by atomic mass is 10.1. The first-order valence-corrected chi connectivity index (χ1v) is 10.7. The number of hydrogen-bond acceptors (Lipinski definition) is 5. The van der Waals surface area contributed by atoms with E-state index in [1.807, 2.05) is 6.07 Å². The monoisotopic (exact) mass is 371 g/mol. The summed E-state index contributed by atoms with van der Waals surface area (Å²) in [6.07, 6.45) is 3.28. The molecule has 0 radical (unpaired) electrons. The van der Waals surface area contributed by atoms with Crippen molar-refractivity contribution in [3.8, 4) is 0 Å². The van der Waals surface area contributed by atoms with Crippen LogP contribution in [0.15, 0.2) is 24.3 Å². The maximum absolute atomic E-state index is 12.6. The number of rotatable bonds is 7. The SMILES string of the molecule is CS(=O)(=O)C1(C(=O)Nc2cccc(CSCC(=O)O)c2)CCCC1. The Kier molecular flexibility index (Phi) is 5.92. The zero-order valence-corrected chi connectivity index (χ0v) is 15.1. The summed E-state index contributed by atoms with van der Waals surface area (Å²) < 4.78 is 22.9. The average molecular weight is 371 g/mol. The summed E-state index contributed by atoms with van der Waals surface area (Å²) in [5, 5.41) is 11.4. The van der Waals surface area contributed by atoms with Crippen molar-refractivity contribution in [2.24, 2.45) is 0 Å². The molecule has 24 heavy (non-hydrogen) atoms. The summed E-state index contributed by atoms with van der Waals surface area (Å²) in [6.45, 7) is 0. The van der Waals surface area contributed by atoms with E-state index < -0.39 is 26.5 Å². The number of thioether (sulfide) groups is 1. The van der Waals surface area contributed by atoms with Gasteiger partial charge < -0.3 is 10.4 Å². The van der Waals surface area contributed by atoms with Crippen molar-refractivity contribution < 1.29 is 23.1 Å². The molecule has 1 amide bonds. The molecule has 132 valence electrons. The van der Waals surface area contributed by atoms with E-state index >= 15 is 0 Å². The molecule has 1 fully saturated rings. The Morgan fingerprint density at radius 2 is 1.96 bits per heavy atom. The number of anilines is 1. The number of hydrogen-bond donors (Lipinski definition) is 2. The van der Waals surface area contributed by atoms with Crippen molar-refractivity contribution in [3.63, 3.8) is 0 Å². The second-order valence-corrected chi connectivity index (χ2v) is 9.33. The minimum absolute atomic E-state index is 0.00771. The molecule has 2 rings (SSSR count). The van der Waals surface area contributed by atoms with Gasteiger partial charge in [-0.05, 0) is 30.5 Å². The molecular weight excluding hydrogens is 350 g/mol. The van der Waals surface area contributed by atoms with Crippen molar-refractivity contribution in [2.75, 3.05) is 17.3 Å². The largest absolute Gasteiger partial charge is 0.481 e. The number of carboxylic acids is 1. The maximum Gasteiger partial charge on any atom is 0.313 e. The Labute approximate surface area is 145 Å². The predicted molar refractivity (Wildman–Crippen MR) is 94.9 cm³/mol. The third-order valence-electron chi connectivity index (χ3n) is 4.21. The second kappa shape index (κ2) is 7.57. The zero-order valence-electron chi connectivity index (χ0n) is 13.4. The molecule has 6 nitrogen and oxygen atoms in total. The first-order valence-electron chi connectivity index (χ1n) is 7.64. The van der Waals surface area contributed by atoms with E-state index in [0.29, 0.717) is 24.3 Å². The first-order chi connectivity index (χ1) is 11.2. The number of carbonyl (C=O) groups excluding carboxylic acids is 1. The molecule has 1 saturated carbocycles. The highest BCUT2D eigenvalue weighted by Crippen LogP contribution is 2.37. The van der Waals surface area contributed by atoms with E-state index in [-0.39, 0.29) is 5.75 Å². The van der Waals surface area contributed by atoms with Crippen LogP contribution in [0.1, 0.15) is 31.2 Å². The Morgan fingerprint density at radius 3 is 2.54 bits per heavy atom. The molecule has 1 aromatic carbocycles. The number of carbonyl (C=O) groups is 2. The van der Waals surface area contributed by atoms with Gasteiger partial charge in [-0.3, -0.25) is 9.59 Å². The lowest BCUT2D eigenvalue weighted by molar-refractivity contribution is -0.133. The van der Waals surface area contributed by atoms with Crippen LogP contribution in [0.25, 0.3) is 0 Å². The number of sulfone groups is 1. The van der Waals surface area contributed by atoms with E-state index in [2.05, 4.69) is 5.32 Å². The molecule has 0 heterocycles. The van der Waals surface area contributed by atoms with Gasteiger partial charge in [0.2, 0.25) is 5.91 Å². The van der Waals surface area contributed by atoms with Crippen LogP contribution in [0.3, 0.4) is 0 Å². The van der Waals surface area contributed by atoms with Gasteiger partial charge in [-0.25, -0.2) is 8.42 Å². The number of benzene rings is 1. The lowest BCUT2D eigenvalue weighted by Gasteiger charge is -2.25. The molecule has 0 unspecified atom stereocenters. The lowest BCUT2D eigenvalue weighted by Crippen LogP contribution is -2.47. The van der Waals surface area contributed by atoms with Crippen LogP contribution < -0.4 is 5.32 Å². The van der Waals surface area contributed by atoms with Gasteiger partial charge in [0.15, 0.2) is 14.6 Å². The molecule has 0 bridgehead atoms. The fraction of sp³-hybridized carbons (Fsp3) is 0.500. The standard InChI is InChI=1S/C16H21NO5S2/c1-24(21,22)16(7-2-3-8-16)15(20)17-13-6-4-5-12(9-13)10-23-11-14(18)19/h4-6,9H,2-3,7-8,10-11H2,1H3,(H,17,20)(H,18,19). The smallest absolute Gasteiger partial charge is 0.313 e. The van der Waals surface area contributed by atoms with E-state index in [1.165, 1.54) is 11.8 Å². The van der Waals surface area contributed by atoms with Gasteiger partial charge in [-0.2, -0.15) is 0 Å². The molecule has 2 N–H and O–H groups in total. The van der Waals surface area contributed by atoms with Crippen LogP contribution in [-0.2, 0) is 25.2 Å². The highest BCUT2D eigenvalue weighted by molar-refractivity contribution is 7.99. The van der Waals surface area contributed by atoms with Gasteiger partial charge in [0, 0.05) is 17.7 Å². The maximum atomic E-state index is 12.6. The molecule has 0 aliphatic heterocycles. The molecule has 0 spiro atoms. The van der Waals surface area contributed by atoms with Crippen LogP contribution in [0.4, 0.5) is 5.69 Å². The third-order valence-corrected chi connectivity index (χ3v) is 7.22. The van der Waals surface area contributed by atoms with Gasteiger partial charge in [0.25, 0.3) is 0 Å². The van der Waals surface area contributed by atoms with Crippen LogP contribution in [0, 0.1) is 0 Å². The molecule has 1 aliphatic rings. The van der Waals surface area contributed by atoms with E-state index in [4.69, 9.17) is 5.11 Å². The second-order valence-electron chi connectivity index (χ2n) is 6.01. The minimum Gasteiger partial charge on any atom is -0.481 e. The quantitative estimate of drug-likeness (QED) is 0.763. The van der Waals surface area contributed by atoms with Gasteiger partial charge in [-0.15, -0.1) is 11.8 Å². The summed E-state index contributed by atoms with van der Waals surface area (Å²) in [7, 11) is -3.50. The zero-order chi connectivity index (χ0) is 17.8. The van der Waals surface area contributed by atoms with E-state index in [0.717, 1.165) is 24.7 Å². The van der Waals surface area contributed by atoms with E-state index in [9.17, 15) is 18.0 Å². The van der Waals surface area contributed by atoms with Crippen LogP contribution >= 0.6 is 11.8 Å². The minimum atomic E-state index is -3.50. The number of nitrogens with one attached hydrogen (secondary N) is 1. The first kappa shape index (κ1) is 18.8. The summed E-state index contributed by atoms with van der Waals surface area (Å²) in [5.41, 5.74) is 1.40. The number of aliphatic carboxylic acids is 1. The van der Waals surface area contributed by atoms with Gasteiger partial charge >= 0.3 is 5.97 Å².